The van der Waals surface area contributed by atoms with E-state index >= 15 is 0 Å². The first kappa shape index (κ1) is 8.85. The van der Waals surface area contributed by atoms with Crippen LogP contribution in [0.3, 0.4) is 0 Å². The number of benzene rings is 1. The Bertz CT molecular complexity index is 300. The molecule has 1 nitrogen and oxygen atoms in total. The minimum atomic E-state index is 1.16. The Balaban J connectivity index is 3.17. The van der Waals surface area contributed by atoms with Crippen LogP contribution in [0.25, 0.3) is 0 Å². The van der Waals surface area contributed by atoms with Gasteiger partial charge in [-0.2, -0.15) is 0 Å². The number of hydrogen-bond donors (Lipinski definition) is 1. The zero-order chi connectivity index (χ0) is 9.14. The smallest absolute Gasteiger partial charge is 0.0414 e. The van der Waals surface area contributed by atoms with Crippen molar-refractivity contribution in [3.8, 4) is 0 Å². The van der Waals surface area contributed by atoms with Crippen LogP contribution in [-0.4, -0.2) is 0 Å². The third kappa shape index (κ3) is 1.67. The van der Waals surface area contributed by atoms with Gasteiger partial charge in [0.2, 0.25) is 0 Å². The van der Waals surface area contributed by atoms with Gasteiger partial charge in [0.05, 0.1) is 0 Å². The fraction of sp³-hybridized carbons (Fsp3) is 0.273. The van der Waals surface area contributed by atoms with E-state index in [0.717, 1.165) is 5.69 Å². The molecule has 0 saturated heterocycles. The van der Waals surface area contributed by atoms with Gasteiger partial charge in [-0.3, -0.25) is 0 Å². The first-order valence-electron chi connectivity index (χ1n) is 4.10. The van der Waals surface area contributed by atoms with Crippen LogP contribution in [-0.2, 0) is 0 Å². The number of nitrogens with one attached hydrogen (secondary N) is 1. The van der Waals surface area contributed by atoms with Crippen LogP contribution in [0.1, 0.15) is 16.7 Å². The highest BCUT2D eigenvalue weighted by atomic mass is 14.8. The lowest BCUT2D eigenvalue weighted by Gasteiger charge is -2.09. The normalized spacial score (nSPS) is 9.58. The van der Waals surface area contributed by atoms with Crippen LogP contribution in [0.4, 0.5) is 5.69 Å². The Hall–Kier alpha value is -1.24. The molecule has 0 aliphatic heterocycles. The molecular formula is C11H15N. The molecule has 0 aliphatic rings. The van der Waals surface area contributed by atoms with Gasteiger partial charge < -0.3 is 5.32 Å². The number of aryl methyl sites for hydroxylation is 2. The molecule has 12 heavy (non-hydrogen) atoms. The maximum absolute atomic E-state index is 3.65. The molecule has 0 fully saturated rings. The summed E-state index contributed by atoms with van der Waals surface area (Å²) in [5.74, 6) is 0. The largest absolute Gasteiger partial charge is 0.362 e. The molecule has 0 spiro atoms. The van der Waals surface area contributed by atoms with Crippen molar-refractivity contribution < 1.29 is 0 Å². The van der Waals surface area contributed by atoms with E-state index in [0.29, 0.717) is 0 Å². The van der Waals surface area contributed by atoms with E-state index in [1.165, 1.54) is 16.7 Å². The van der Waals surface area contributed by atoms with Gasteiger partial charge in [-0.1, -0.05) is 12.6 Å². The third-order valence-corrected chi connectivity index (χ3v) is 2.07. The lowest BCUT2D eigenvalue weighted by atomic mass is 10.0. The minimum absolute atomic E-state index is 1.16. The minimum Gasteiger partial charge on any atom is -0.362 e. The number of anilines is 1. The highest BCUT2D eigenvalue weighted by molar-refractivity contribution is 5.57. The summed E-state index contributed by atoms with van der Waals surface area (Å²) in [5, 5.41) is 3.12. The van der Waals surface area contributed by atoms with Gasteiger partial charge in [-0.15, -0.1) is 0 Å². The van der Waals surface area contributed by atoms with Crippen LogP contribution in [0.2, 0.25) is 0 Å². The van der Waals surface area contributed by atoms with Crippen molar-refractivity contribution >= 4 is 5.69 Å². The molecule has 0 aliphatic carbocycles. The van der Waals surface area contributed by atoms with Gasteiger partial charge in [-0.25, -0.2) is 0 Å². The zero-order valence-electron chi connectivity index (χ0n) is 7.94. The lowest BCUT2D eigenvalue weighted by molar-refractivity contribution is 1.29. The Morgan fingerprint density at radius 2 is 1.92 bits per heavy atom. The van der Waals surface area contributed by atoms with Gasteiger partial charge >= 0.3 is 0 Å². The van der Waals surface area contributed by atoms with E-state index in [4.69, 9.17) is 0 Å². The molecule has 1 N–H and O–H groups in total. The molecule has 0 radical (unpaired) electrons. The summed E-state index contributed by atoms with van der Waals surface area (Å²) in [6.45, 7) is 9.98. The number of hydrogen-bond acceptors (Lipinski definition) is 1. The van der Waals surface area contributed by atoms with Gasteiger partial charge in [-0.05, 0) is 49.7 Å². The summed E-state index contributed by atoms with van der Waals surface area (Å²) >= 11 is 0. The lowest BCUT2D eigenvalue weighted by Crippen LogP contribution is -1.93. The SMILES string of the molecule is C=CNc1cc(C)cc(C)c1C. The van der Waals surface area contributed by atoms with E-state index in [9.17, 15) is 0 Å². The first-order valence-corrected chi connectivity index (χ1v) is 4.10. The molecule has 0 bridgehead atoms. The molecule has 0 atom stereocenters. The van der Waals surface area contributed by atoms with Crippen molar-refractivity contribution in [1.82, 2.24) is 0 Å². The van der Waals surface area contributed by atoms with Crippen molar-refractivity contribution in [1.29, 1.82) is 0 Å². The molecule has 1 heteroatoms. The molecule has 1 aromatic rings. The van der Waals surface area contributed by atoms with Crippen molar-refractivity contribution in [2.24, 2.45) is 0 Å². The van der Waals surface area contributed by atoms with Crippen LogP contribution in [0.5, 0.6) is 0 Å². The fourth-order valence-corrected chi connectivity index (χ4v) is 1.30. The van der Waals surface area contributed by atoms with Gasteiger partial charge in [0, 0.05) is 5.69 Å². The molecule has 1 aromatic carbocycles. The molecule has 0 unspecified atom stereocenters. The summed E-state index contributed by atoms with van der Waals surface area (Å²) in [4.78, 5) is 0. The van der Waals surface area contributed by atoms with E-state index in [1.54, 1.807) is 6.20 Å². The second kappa shape index (κ2) is 3.44. The zero-order valence-corrected chi connectivity index (χ0v) is 7.94. The maximum atomic E-state index is 3.65. The van der Waals surface area contributed by atoms with Crippen molar-refractivity contribution in [2.45, 2.75) is 20.8 Å². The third-order valence-electron chi connectivity index (χ3n) is 2.07. The quantitative estimate of drug-likeness (QED) is 0.702. The molecule has 0 saturated carbocycles. The topological polar surface area (TPSA) is 12.0 Å². The summed E-state index contributed by atoms with van der Waals surface area (Å²) in [7, 11) is 0. The predicted molar refractivity (Wildman–Crippen MR) is 54.5 cm³/mol. The Morgan fingerprint density at radius 1 is 1.25 bits per heavy atom. The fourth-order valence-electron chi connectivity index (χ4n) is 1.30. The first-order chi connectivity index (χ1) is 5.65. The number of rotatable bonds is 2. The molecule has 0 heterocycles. The van der Waals surface area contributed by atoms with Crippen LogP contribution in [0.15, 0.2) is 24.9 Å². The molecule has 0 amide bonds. The summed E-state index contributed by atoms with van der Waals surface area (Å²) in [6, 6.07) is 4.31. The van der Waals surface area contributed by atoms with Crippen LogP contribution < -0.4 is 5.32 Å². The standard InChI is InChI=1S/C11H15N/c1-5-12-11-7-8(2)6-9(3)10(11)4/h5-7,12H,1H2,2-4H3. The Kier molecular flexibility index (Phi) is 2.54. The average molecular weight is 161 g/mol. The van der Waals surface area contributed by atoms with E-state index in [-0.39, 0.29) is 0 Å². The summed E-state index contributed by atoms with van der Waals surface area (Å²) < 4.78 is 0. The van der Waals surface area contributed by atoms with Gasteiger partial charge in [0.15, 0.2) is 0 Å². The van der Waals surface area contributed by atoms with E-state index in [2.05, 4.69) is 44.8 Å². The highest BCUT2D eigenvalue weighted by Gasteiger charge is 1.99. The van der Waals surface area contributed by atoms with Crippen molar-refractivity contribution in [2.75, 3.05) is 5.32 Å². The Labute approximate surface area is 74.1 Å². The van der Waals surface area contributed by atoms with Crippen molar-refractivity contribution in [3.05, 3.63) is 41.6 Å². The molecule has 0 aromatic heterocycles. The molecule has 1 rings (SSSR count). The van der Waals surface area contributed by atoms with Gasteiger partial charge in [0.1, 0.15) is 0 Å². The average Bonchev–Trinajstić information content (AvgIpc) is 2.00. The van der Waals surface area contributed by atoms with Gasteiger partial charge in [0.25, 0.3) is 0 Å². The summed E-state index contributed by atoms with van der Waals surface area (Å²) in [6.07, 6.45) is 1.71. The predicted octanol–water partition coefficient (Wildman–Crippen LogP) is 3.17. The van der Waals surface area contributed by atoms with Crippen LogP contribution in [0, 0.1) is 20.8 Å². The second-order valence-corrected chi connectivity index (χ2v) is 3.10. The summed E-state index contributed by atoms with van der Waals surface area (Å²) in [5.41, 5.74) is 5.05. The van der Waals surface area contributed by atoms with E-state index < -0.39 is 0 Å². The molecule has 64 valence electrons. The van der Waals surface area contributed by atoms with Crippen molar-refractivity contribution in [3.63, 3.8) is 0 Å². The highest BCUT2D eigenvalue weighted by Crippen LogP contribution is 2.20. The maximum Gasteiger partial charge on any atom is 0.0414 e. The van der Waals surface area contributed by atoms with E-state index in [1.807, 2.05) is 0 Å². The molecular weight excluding hydrogens is 146 g/mol. The van der Waals surface area contributed by atoms with Crippen LogP contribution >= 0.6 is 0 Å². The Morgan fingerprint density at radius 3 is 2.50 bits per heavy atom. The second-order valence-electron chi connectivity index (χ2n) is 3.10. The monoisotopic (exact) mass is 161 g/mol.